The van der Waals surface area contributed by atoms with Gasteiger partial charge in [-0.1, -0.05) is 12.1 Å². The fourth-order valence-electron chi connectivity index (χ4n) is 2.67. The Labute approximate surface area is 128 Å². The van der Waals surface area contributed by atoms with Crippen LogP contribution in [0.2, 0.25) is 0 Å². The van der Waals surface area contributed by atoms with Crippen molar-refractivity contribution in [2.75, 3.05) is 0 Å². The maximum atomic E-state index is 13.2. The second-order valence-electron chi connectivity index (χ2n) is 5.21. The SMILES string of the molecule is O=C1c2ccccc2C(=O)N1Cc1nc2cc(F)c(F)cc2[nH]1. The number of hydrogen-bond acceptors (Lipinski definition) is 3. The van der Waals surface area contributed by atoms with Crippen LogP contribution in [0.25, 0.3) is 11.0 Å². The Morgan fingerprint density at radius 3 is 2.26 bits per heavy atom. The van der Waals surface area contributed by atoms with E-state index in [0.717, 1.165) is 17.0 Å². The van der Waals surface area contributed by atoms with Crippen molar-refractivity contribution < 1.29 is 18.4 Å². The standard InChI is InChI=1S/C16H9F2N3O2/c17-10-5-12-13(6-11(10)18)20-14(19-12)7-21-15(22)8-3-1-2-4-9(8)16(21)23/h1-6H,7H2,(H,19,20). The summed E-state index contributed by atoms with van der Waals surface area (Å²) in [5.41, 5.74) is 1.21. The van der Waals surface area contributed by atoms with Gasteiger partial charge in [0.15, 0.2) is 11.6 Å². The molecule has 23 heavy (non-hydrogen) atoms. The van der Waals surface area contributed by atoms with Crippen molar-refractivity contribution in [2.24, 2.45) is 0 Å². The minimum absolute atomic E-state index is 0.0930. The fraction of sp³-hybridized carbons (Fsp3) is 0.0625. The maximum Gasteiger partial charge on any atom is 0.261 e. The molecular formula is C16H9F2N3O2. The summed E-state index contributed by atoms with van der Waals surface area (Å²) in [6, 6.07) is 8.48. The van der Waals surface area contributed by atoms with Gasteiger partial charge in [-0.15, -0.1) is 0 Å². The van der Waals surface area contributed by atoms with Gasteiger partial charge in [0.25, 0.3) is 11.8 Å². The van der Waals surface area contributed by atoms with E-state index in [1.54, 1.807) is 24.3 Å². The summed E-state index contributed by atoms with van der Waals surface area (Å²) >= 11 is 0. The number of aromatic nitrogens is 2. The Bertz CT molecular complexity index is 907. The molecule has 0 saturated carbocycles. The molecule has 1 aromatic heterocycles. The van der Waals surface area contributed by atoms with Crippen LogP contribution in [0.1, 0.15) is 26.5 Å². The van der Waals surface area contributed by atoms with Gasteiger partial charge in [-0.05, 0) is 12.1 Å². The maximum absolute atomic E-state index is 13.2. The number of hydrogen-bond donors (Lipinski definition) is 1. The molecular weight excluding hydrogens is 304 g/mol. The Morgan fingerprint density at radius 2 is 1.61 bits per heavy atom. The molecule has 114 valence electrons. The predicted molar refractivity (Wildman–Crippen MR) is 76.7 cm³/mol. The van der Waals surface area contributed by atoms with Crippen molar-refractivity contribution in [3.63, 3.8) is 0 Å². The topological polar surface area (TPSA) is 66.1 Å². The monoisotopic (exact) mass is 313 g/mol. The van der Waals surface area contributed by atoms with Crippen LogP contribution in [0.5, 0.6) is 0 Å². The number of nitrogens with zero attached hydrogens (tertiary/aromatic N) is 2. The van der Waals surface area contributed by atoms with Gasteiger partial charge < -0.3 is 4.98 Å². The van der Waals surface area contributed by atoms with Crippen molar-refractivity contribution >= 4 is 22.8 Å². The molecule has 2 heterocycles. The molecule has 0 fully saturated rings. The third-order valence-corrected chi connectivity index (χ3v) is 3.76. The molecule has 0 spiro atoms. The van der Waals surface area contributed by atoms with E-state index < -0.39 is 23.4 Å². The second kappa shape index (κ2) is 4.70. The molecule has 5 nitrogen and oxygen atoms in total. The quantitative estimate of drug-likeness (QED) is 0.740. The first-order chi connectivity index (χ1) is 11.0. The lowest BCUT2D eigenvalue weighted by Gasteiger charge is -2.11. The summed E-state index contributed by atoms with van der Waals surface area (Å²) in [7, 11) is 0. The third kappa shape index (κ3) is 2.01. The van der Waals surface area contributed by atoms with E-state index in [2.05, 4.69) is 9.97 Å². The number of benzene rings is 2. The highest BCUT2D eigenvalue weighted by atomic mass is 19.2. The molecule has 4 rings (SSSR count). The summed E-state index contributed by atoms with van der Waals surface area (Å²) in [5.74, 6) is -2.55. The summed E-state index contributed by atoms with van der Waals surface area (Å²) in [6.07, 6.45) is 0. The number of carbonyl (C=O) groups excluding carboxylic acids is 2. The number of imidazole rings is 1. The van der Waals surface area contributed by atoms with Crippen LogP contribution in [0.15, 0.2) is 36.4 Å². The van der Waals surface area contributed by atoms with E-state index in [9.17, 15) is 18.4 Å². The van der Waals surface area contributed by atoms with Crippen LogP contribution in [-0.4, -0.2) is 26.7 Å². The molecule has 2 aromatic carbocycles. The lowest BCUT2D eigenvalue weighted by Crippen LogP contribution is -2.29. The number of halogens is 2. The lowest BCUT2D eigenvalue weighted by atomic mass is 10.1. The van der Waals surface area contributed by atoms with Crippen LogP contribution < -0.4 is 0 Å². The van der Waals surface area contributed by atoms with E-state index in [0.29, 0.717) is 16.6 Å². The Balaban J connectivity index is 1.69. The largest absolute Gasteiger partial charge is 0.340 e. The normalized spacial score (nSPS) is 13.9. The molecule has 0 atom stereocenters. The van der Waals surface area contributed by atoms with Gasteiger partial charge >= 0.3 is 0 Å². The van der Waals surface area contributed by atoms with Gasteiger partial charge in [-0.25, -0.2) is 13.8 Å². The van der Waals surface area contributed by atoms with Crippen molar-refractivity contribution in [2.45, 2.75) is 6.54 Å². The van der Waals surface area contributed by atoms with E-state index >= 15 is 0 Å². The number of nitrogens with one attached hydrogen (secondary N) is 1. The molecule has 1 aliphatic rings. The van der Waals surface area contributed by atoms with E-state index in [4.69, 9.17) is 0 Å². The number of amides is 2. The fourth-order valence-corrected chi connectivity index (χ4v) is 2.67. The summed E-state index contributed by atoms with van der Waals surface area (Å²) in [4.78, 5) is 32.5. The van der Waals surface area contributed by atoms with Crippen molar-refractivity contribution in [3.05, 3.63) is 65.0 Å². The first-order valence-electron chi connectivity index (χ1n) is 6.83. The number of imide groups is 1. The molecule has 0 unspecified atom stereocenters. The third-order valence-electron chi connectivity index (χ3n) is 3.76. The zero-order valence-electron chi connectivity index (χ0n) is 11.6. The first-order valence-corrected chi connectivity index (χ1v) is 6.83. The number of fused-ring (bicyclic) bond motifs is 2. The smallest absolute Gasteiger partial charge is 0.261 e. The van der Waals surface area contributed by atoms with Gasteiger partial charge in [-0.3, -0.25) is 14.5 Å². The lowest BCUT2D eigenvalue weighted by molar-refractivity contribution is 0.0638. The average molecular weight is 313 g/mol. The Morgan fingerprint density at radius 1 is 1.00 bits per heavy atom. The molecule has 7 heteroatoms. The highest BCUT2D eigenvalue weighted by Gasteiger charge is 2.35. The Hall–Kier alpha value is -3.09. The molecule has 3 aromatic rings. The van der Waals surface area contributed by atoms with Gasteiger partial charge in [0.05, 0.1) is 28.7 Å². The van der Waals surface area contributed by atoms with Crippen LogP contribution >= 0.6 is 0 Å². The highest BCUT2D eigenvalue weighted by molar-refractivity contribution is 6.21. The van der Waals surface area contributed by atoms with Crippen LogP contribution in [0.3, 0.4) is 0 Å². The van der Waals surface area contributed by atoms with Gasteiger partial charge in [0.2, 0.25) is 0 Å². The van der Waals surface area contributed by atoms with Crippen LogP contribution in [0.4, 0.5) is 8.78 Å². The zero-order chi connectivity index (χ0) is 16.1. The van der Waals surface area contributed by atoms with Crippen LogP contribution in [0, 0.1) is 11.6 Å². The molecule has 2 amide bonds. The van der Waals surface area contributed by atoms with Crippen molar-refractivity contribution in [1.29, 1.82) is 0 Å². The molecule has 0 radical (unpaired) electrons. The zero-order valence-corrected chi connectivity index (χ0v) is 11.6. The van der Waals surface area contributed by atoms with Crippen molar-refractivity contribution in [1.82, 2.24) is 14.9 Å². The molecule has 0 aliphatic carbocycles. The summed E-state index contributed by atoms with van der Waals surface area (Å²) < 4.78 is 26.4. The Kier molecular flexibility index (Phi) is 2.77. The molecule has 1 aliphatic heterocycles. The van der Waals surface area contributed by atoms with E-state index in [1.165, 1.54) is 0 Å². The molecule has 0 saturated heterocycles. The molecule has 1 N–H and O–H groups in total. The predicted octanol–water partition coefficient (Wildman–Crippen LogP) is 2.64. The summed E-state index contributed by atoms with van der Waals surface area (Å²) in [5, 5.41) is 0. The van der Waals surface area contributed by atoms with Gasteiger partial charge in [0.1, 0.15) is 5.82 Å². The van der Waals surface area contributed by atoms with Crippen LogP contribution in [-0.2, 0) is 6.54 Å². The number of carbonyl (C=O) groups is 2. The summed E-state index contributed by atoms with van der Waals surface area (Å²) in [6.45, 7) is -0.0930. The second-order valence-corrected chi connectivity index (χ2v) is 5.21. The number of H-pyrrole nitrogens is 1. The number of aromatic amines is 1. The molecule has 0 bridgehead atoms. The van der Waals surface area contributed by atoms with Gasteiger partial charge in [0, 0.05) is 12.1 Å². The van der Waals surface area contributed by atoms with E-state index in [1.807, 2.05) is 0 Å². The van der Waals surface area contributed by atoms with E-state index in [-0.39, 0.29) is 17.9 Å². The number of rotatable bonds is 2. The minimum Gasteiger partial charge on any atom is -0.340 e. The first kappa shape index (κ1) is 13.6. The average Bonchev–Trinajstić information content (AvgIpc) is 3.02. The van der Waals surface area contributed by atoms with Gasteiger partial charge in [-0.2, -0.15) is 0 Å². The minimum atomic E-state index is -1.00. The highest BCUT2D eigenvalue weighted by Crippen LogP contribution is 2.24. The van der Waals surface area contributed by atoms with Crippen molar-refractivity contribution in [3.8, 4) is 0 Å².